The molecule has 4 amide bonds. The molecular formula is C50H44N4O7. The number of anilines is 1. The van der Waals surface area contributed by atoms with Crippen LogP contribution in [0.2, 0.25) is 0 Å². The molecule has 306 valence electrons. The molecule has 6 aromatic rings. The van der Waals surface area contributed by atoms with Gasteiger partial charge in [0, 0.05) is 6.54 Å². The fourth-order valence-electron chi connectivity index (χ4n) is 9.70. The molecule has 61 heavy (non-hydrogen) atoms. The number of carbonyl (C=O) groups is 4. The molecule has 4 N–H and O–H groups in total. The minimum Gasteiger partial charge on any atom is -0.508 e. The summed E-state index contributed by atoms with van der Waals surface area (Å²) >= 11 is 0. The first-order chi connectivity index (χ1) is 29.7. The summed E-state index contributed by atoms with van der Waals surface area (Å²) in [5, 5.41) is 27.8. The van der Waals surface area contributed by atoms with Crippen LogP contribution in [0, 0.1) is 5.92 Å². The topological polar surface area (TPSA) is 149 Å². The van der Waals surface area contributed by atoms with Gasteiger partial charge in [0.05, 0.1) is 35.8 Å². The fourth-order valence-corrected chi connectivity index (χ4v) is 9.70. The van der Waals surface area contributed by atoms with Gasteiger partial charge in [0.2, 0.25) is 11.8 Å². The highest BCUT2D eigenvalue weighted by Gasteiger charge is 2.75. The molecular weight excluding hydrogens is 769 g/mol. The van der Waals surface area contributed by atoms with Crippen molar-refractivity contribution in [1.29, 1.82) is 0 Å². The Labute approximate surface area is 353 Å². The van der Waals surface area contributed by atoms with Crippen LogP contribution in [0.25, 0.3) is 0 Å². The summed E-state index contributed by atoms with van der Waals surface area (Å²) in [4.78, 5) is 64.3. The van der Waals surface area contributed by atoms with Gasteiger partial charge in [-0.05, 0) is 58.5 Å². The Morgan fingerprint density at radius 2 is 1.25 bits per heavy atom. The van der Waals surface area contributed by atoms with Crippen molar-refractivity contribution in [2.75, 3.05) is 11.4 Å². The van der Waals surface area contributed by atoms with Gasteiger partial charge in [-0.1, -0.05) is 152 Å². The normalized spacial score (nSPS) is 24.0. The van der Waals surface area contributed by atoms with Gasteiger partial charge in [0.25, 0.3) is 0 Å². The lowest BCUT2D eigenvalue weighted by Crippen LogP contribution is -2.56. The van der Waals surface area contributed by atoms with Crippen LogP contribution in [0.15, 0.2) is 170 Å². The summed E-state index contributed by atoms with van der Waals surface area (Å²) in [5.74, 6) is -3.64. The maximum absolute atomic E-state index is 16.1. The quantitative estimate of drug-likeness (QED) is 0.111. The van der Waals surface area contributed by atoms with E-state index in [1.807, 2.05) is 109 Å². The van der Waals surface area contributed by atoms with E-state index in [4.69, 9.17) is 4.74 Å². The number of amides is 4. The maximum atomic E-state index is 16.1. The smallest absolute Gasteiger partial charge is 0.329 e. The van der Waals surface area contributed by atoms with E-state index in [1.165, 1.54) is 12.1 Å². The first-order valence-corrected chi connectivity index (χ1v) is 20.4. The summed E-state index contributed by atoms with van der Waals surface area (Å²) in [6, 6.07) is 45.9. The highest BCUT2D eigenvalue weighted by molar-refractivity contribution is 6.24. The number of phenols is 1. The molecule has 2 saturated heterocycles. The lowest BCUT2D eigenvalue weighted by Gasteiger charge is -2.46. The number of ether oxygens (including phenoxy) is 1. The second-order valence-corrected chi connectivity index (χ2v) is 15.8. The number of aliphatic hydroxyl groups excluding tert-OH is 1. The molecule has 2 fully saturated rings. The Balaban J connectivity index is 1.27. The summed E-state index contributed by atoms with van der Waals surface area (Å²) < 4.78 is 6.48. The van der Waals surface area contributed by atoms with Crippen molar-refractivity contribution < 1.29 is 34.1 Å². The molecule has 11 heteroatoms. The molecule has 9 rings (SSSR count). The number of aromatic hydroxyl groups is 1. The molecule has 3 aliphatic rings. The summed E-state index contributed by atoms with van der Waals surface area (Å²) in [6.45, 7) is 1.59. The summed E-state index contributed by atoms with van der Waals surface area (Å²) in [7, 11) is 0. The van der Waals surface area contributed by atoms with Crippen molar-refractivity contribution in [1.82, 2.24) is 15.5 Å². The summed E-state index contributed by atoms with van der Waals surface area (Å²) in [6.07, 6.45) is -2.00. The maximum Gasteiger partial charge on any atom is 0.329 e. The van der Waals surface area contributed by atoms with Crippen molar-refractivity contribution in [3.05, 3.63) is 203 Å². The number of hydrogen-bond donors (Lipinski definition) is 4. The zero-order valence-corrected chi connectivity index (χ0v) is 33.2. The number of hydrogen-bond acceptors (Lipinski definition) is 8. The third-order valence-corrected chi connectivity index (χ3v) is 12.4. The van der Waals surface area contributed by atoms with Crippen LogP contribution >= 0.6 is 0 Å². The molecule has 3 aliphatic heterocycles. The number of fused-ring (bicyclic) bond motifs is 3. The molecule has 6 aromatic carbocycles. The third-order valence-electron chi connectivity index (χ3n) is 12.4. The first-order valence-electron chi connectivity index (χ1n) is 20.4. The average molecular weight is 813 g/mol. The average Bonchev–Trinajstić information content (AvgIpc) is 3.76. The number of nitrogens with one attached hydrogen (secondary N) is 2. The number of aliphatic hydroxyl groups is 1. The zero-order chi connectivity index (χ0) is 42.3. The van der Waals surface area contributed by atoms with Crippen molar-refractivity contribution in [3.63, 3.8) is 0 Å². The minimum absolute atomic E-state index is 0.0228. The molecule has 11 nitrogen and oxygen atoms in total. The van der Waals surface area contributed by atoms with Crippen LogP contribution in [0.5, 0.6) is 5.75 Å². The Bertz CT molecular complexity index is 2560. The van der Waals surface area contributed by atoms with Crippen molar-refractivity contribution in [3.8, 4) is 5.75 Å². The standard InChI is InChI=1S/C50H44N4O7/c1-31(32-16-6-2-7-17-32)52-49(60)53-39-25-15-14-24-38(39)50(48(53)59)41(46(57)51-30-40(56)33-18-8-3-9-19-33)43-47(58)61-44(35-22-12-5-13-23-35)42(34-20-10-4-11-21-34)54(43)45(50)36-26-28-37(55)29-27-36/h2-29,31,40-45,55-56H,30H2,1H3,(H,51,57)(H,52,60)/t31-,40+,41-,42-,43-,44+,45+,50-/m1/s1. The number of morpholine rings is 1. The van der Waals surface area contributed by atoms with E-state index in [9.17, 15) is 15.0 Å². The van der Waals surface area contributed by atoms with Crippen LogP contribution in [0.1, 0.15) is 70.6 Å². The molecule has 0 bridgehead atoms. The molecule has 3 heterocycles. The van der Waals surface area contributed by atoms with E-state index >= 15 is 14.4 Å². The van der Waals surface area contributed by atoms with Gasteiger partial charge < -0.3 is 25.6 Å². The van der Waals surface area contributed by atoms with E-state index in [1.54, 1.807) is 60.7 Å². The van der Waals surface area contributed by atoms with Crippen molar-refractivity contribution in [2.24, 2.45) is 5.92 Å². The monoisotopic (exact) mass is 812 g/mol. The van der Waals surface area contributed by atoms with Gasteiger partial charge >= 0.3 is 12.0 Å². The van der Waals surface area contributed by atoms with E-state index in [0.29, 0.717) is 22.3 Å². The number of phenolic OH excluding ortho intramolecular Hbond substituents is 1. The van der Waals surface area contributed by atoms with Gasteiger partial charge in [0.15, 0.2) is 0 Å². The Kier molecular flexibility index (Phi) is 10.4. The van der Waals surface area contributed by atoms with Gasteiger partial charge in [-0.25, -0.2) is 9.69 Å². The molecule has 0 unspecified atom stereocenters. The van der Waals surface area contributed by atoms with Gasteiger partial charge in [-0.2, -0.15) is 0 Å². The van der Waals surface area contributed by atoms with Crippen LogP contribution in [0.3, 0.4) is 0 Å². The van der Waals surface area contributed by atoms with Crippen LogP contribution in [-0.4, -0.2) is 51.5 Å². The predicted octanol–water partition coefficient (Wildman–Crippen LogP) is 7.38. The lowest BCUT2D eigenvalue weighted by atomic mass is 9.65. The number of carbonyl (C=O) groups excluding carboxylic acids is 4. The van der Waals surface area contributed by atoms with E-state index in [0.717, 1.165) is 16.0 Å². The number of nitrogens with zero attached hydrogens (tertiary/aromatic N) is 2. The van der Waals surface area contributed by atoms with E-state index < -0.39 is 71.5 Å². The molecule has 0 aliphatic carbocycles. The van der Waals surface area contributed by atoms with Gasteiger partial charge in [0.1, 0.15) is 23.3 Å². The SMILES string of the molecule is C[C@@H](NC(=O)N1C(=O)[C@@]2(c3ccccc31)[C@H](c1ccc(O)cc1)N1[C@H](c3ccccc3)[C@H](c3ccccc3)OC(=O)[C@H]1[C@@H]2C(=O)NC[C@H](O)c1ccccc1)c1ccccc1. The number of urea groups is 1. The fraction of sp³-hybridized carbons (Fsp3) is 0.200. The van der Waals surface area contributed by atoms with Crippen LogP contribution < -0.4 is 15.5 Å². The summed E-state index contributed by atoms with van der Waals surface area (Å²) in [5.41, 5.74) is 2.07. The number of cyclic esters (lactones) is 1. The molecule has 0 aromatic heterocycles. The van der Waals surface area contributed by atoms with Gasteiger partial charge in [-0.15, -0.1) is 0 Å². The predicted molar refractivity (Wildman–Crippen MR) is 228 cm³/mol. The zero-order valence-electron chi connectivity index (χ0n) is 33.2. The van der Waals surface area contributed by atoms with Crippen LogP contribution in [-0.2, 0) is 24.5 Å². The number of imide groups is 1. The highest BCUT2D eigenvalue weighted by atomic mass is 16.6. The van der Waals surface area contributed by atoms with Gasteiger partial charge in [-0.3, -0.25) is 19.3 Å². The van der Waals surface area contributed by atoms with Crippen molar-refractivity contribution >= 4 is 29.5 Å². The van der Waals surface area contributed by atoms with Crippen LogP contribution in [0.4, 0.5) is 10.5 Å². The largest absolute Gasteiger partial charge is 0.508 e. The molecule has 0 radical (unpaired) electrons. The Morgan fingerprint density at radius 1 is 0.689 bits per heavy atom. The molecule has 0 saturated carbocycles. The second-order valence-electron chi connectivity index (χ2n) is 15.8. The third kappa shape index (κ3) is 6.72. The number of esters is 1. The Hall–Kier alpha value is -7.08. The number of rotatable bonds is 9. The molecule has 8 atom stereocenters. The van der Waals surface area contributed by atoms with Crippen molar-refractivity contribution in [2.45, 2.75) is 48.7 Å². The second kappa shape index (κ2) is 16.2. The molecule has 1 spiro atoms. The highest BCUT2D eigenvalue weighted by Crippen LogP contribution is 2.65. The van der Waals surface area contributed by atoms with E-state index in [2.05, 4.69) is 10.6 Å². The Morgan fingerprint density at radius 3 is 1.89 bits per heavy atom. The minimum atomic E-state index is -1.94. The lowest BCUT2D eigenvalue weighted by molar-refractivity contribution is -0.178. The first kappa shape index (κ1) is 39.4. The number of para-hydroxylation sites is 1. The number of benzene rings is 6. The van der Waals surface area contributed by atoms with E-state index in [-0.39, 0.29) is 18.0 Å².